The first-order valence-corrected chi connectivity index (χ1v) is 7.00. The predicted octanol–water partition coefficient (Wildman–Crippen LogP) is 2.64. The monoisotopic (exact) mass is 333 g/mol. The zero-order chi connectivity index (χ0) is 16.0. The van der Waals surface area contributed by atoms with Crippen LogP contribution >= 0.6 is 23.2 Å². The van der Waals surface area contributed by atoms with Crippen LogP contribution in [0.15, 0.2) is 18.2 Å². The van der Waals surface area contributed by atoms with Crippen molar-refractivity contribution in [2.45, 2.75) is 6.92 Å². The van der Waals surface area contributed by atoms with E-state index in [0.29, 0.717) is 15.8 Å². The second-order valence-corrected chi connectivity index (χ2v) is 5.41. The summed E-state index contributed by atoms with van der Waals surface area (Å²) in [6.45, 7) is 1.74. The number of hydrogen-bond donors (Lipinski definition) is 0. The van der Waals surface area contributed by atoms with Crippen LogP contribution in [0.1, 0.15) is 6.92 Å². The first-order chi connectivity index (χ1) is 9.85. The molecule has 21 heavy (non-hydrogen) atoms. The number of halogens is 2. The number of benzene rings is 1. The highest BCUT2D eigenvalue weighted by atomic mass is 35.5. The standard InChI is InChI=1S/C14H17Cl2NO4/c1-9(14(19)20-3)7-17(2)13(18)8-21-12-6-10(15)4-5-11(12)16/h4-6,9H,7-8H2,1-3H3. The summed E-state index contributed by atoms with van der Waals surface area (Å²) in [6.07, 6.45) is 0. The molecule has 0 aliphatic heterocycles. The fraction of sp³-hybridized carbons (Fsp3) is 0.429. The lowest BCUT2D eigenvalue weighted by Gasteiger charge is -2.20. The van der Waals surface area contributed by atoms with Gasteiger partial charge >= 0.3 is 5.97 Å². The fourth-order valence-electron chi connectivity index (χ4n) is 1.63. The highest BCUT2D eigenvalue weighted by Gasteiger charge is 2.19. The topological polar surface area (TPSA) is 55.8 Å². The van der Waals surface area contributed by atoms with E-state index in [1.165, 1.54) is 18.1 Å². The summed E-state index contributed by atoms with van der Waals surface area (Å²) in [5, 5.41) is 0.840. The van der Waals surface area contributed by atoms with E-state index < -0.39 is 5.92 Å². The van der Waals surface area contributed by atoms with Crippen molar-refractivity contribution in [2.24, 2.45) is 5.92 Å². The van der Waals surface area contributed by atoms with E-state index in [4.69, 9.17) is 27.9 Å². The number of likely N-dealkylation sites (N-methyl/N-ethyl adjacent to an activating group) is 1. The molecule has 1 atom stereocenters. The molecule has 116 valence electrons. The molecular formula is C14H17Cl2NO4. The summed E-state index contributed by atoms with van der Waals surface area (Å²) >= 11 is 11.8. The van der Waals surface area contributed by atoms with E-state index in [1.54, 1.807) is 26.1 Å². The Hall–Kier alpha value is -1.46. The maximum atomic E-state index is 11.9. The zero-order valence-corrected chi connectivity index (χ0v) is 13.6. The molecule has 1 rings (SSSR count). The van der Waals surface area contributed by atoms with Gasteiger partial charge in [-0.3, -0.25) is 9.59 Å². The first kappa shape index (κ1) is 17.6. The third kappa shape index (κ3) is 5.44. The fourth-order valence-corrected chi connectivity index (χ4v) is 1.96. The lowest BCUT2D eigenvalue weighted by molar-refractivity contribution is -0.146. The second-order valence-electron chi connectivity index (χ2n) is 4.56. The minimum atomic E-state index is -0.404. The van der Waals surface area contributed by atoms with Gasteiger partial charge in [0.2, 0.25) is 0 Å². The van der Waals surface area contributed by atoms with E-state index in [9.17, 15) is 9.59 Å². The number of methoxy groups -OCH3 is 1. The largest absolute Gasteiger partial charge is 0.482 e. The van der Waals surface area contributed by atoms with Gasteiger partial charge in [0, 0.05) is 24.7 Å². The zero-order valence-electron chi connectivity index (χ0n) is 12.1. The number of amides is 1. The number of ether oxygens (including phenoxy) is 2. The van der Waals surface area contributed by atoms with E-state index in [-0.39, 0.29) is 25.0 Å². The number of carbonyl (C=O) groups is 2. The molecule has 0 heterocycles. The average Bonchev–Trinajstić information content (AvgIpc) is 2.46. The SMILES string of the molecule is COC(=O)C(C)CN(C)C(=O)COc1cc(Cl)ccc1Cl. The summed E-state index contributed by atoms with van der Waals surface area (Å²) in [6, 6.07) is 4.75. The van der Waals surface area contributed by atoms with Gasteiger partial charge in [0.25, 0.3) is 5.91 Å². The summed E-state index contributed by atoms with van der Waals surface area (Å²) in [4.78, 5) is 24.6. The number of carbonyl (C=O) groups excluding carboxylic acids is 2. The summed E-state index contributed by atoms with van der Waals surface area (Å²) in [5.41, 5.74) is 0. The second kappa shape index (κ2) is 8.10. The average molecular weight is 334 g/mol. The smallest absolute Gasteiger partial charge is 0.310 e. The van der Waals surface area contributed by atoms with Gasteiger partial charge in [-0.2, -0.15) is 0 Å². The maximum absolute atomic E-state index is 11.9. The summed E-state index contributed by atoms with van der Waals surface area (Å²) in [5.74, 6) is -0.708. The Morgan fingerprint density at radius 2 is 2.00 bits per heavy atom. The van der Waals surface area contributed by atoms with Crippen LogP contribution in [-0.2, 0) is 14.3 Å². The Kier molecular flexibility index (Phi) is 6.78. The van der Waals surface area contributed by atoms with Crippen LogP contribution in [0.5, 0.6) is 5.75 Å². The molecule has 0 saturated heterocycles. The lowest BCUT2D eigenvalue weighted by Crippen LogP contribution is -2.37. The van der Waals surface area contributed by atoms with Crippen LogP contribution in [0.3, 0.4) is 0 Å². The highest BCUT2D eigenvalue weighted by Crippen LogP contribution is 2.27. The maximum Gasteiger partial charge on any atom is 0.310 e. The first-order valence-electron chi connectivity index (χ1n) is 6.24. The molecule has 1 aromatic carbocycles. The van der Waals surface area contributed by atoms with Gasteiger partial charge in [-0.1, -0.05) is 30.1 Å². The van der Waals surface area contributed by atoms with Crippen LogP contribution in [0.25, 0.3) is 0 Å². The lowest BCUT2D eigenvalue weighted by atomic mass is 10.2. The molecule has 0 saturated carbocycles. The van der Waals surface area contributed by atoms with Gasteiger partial charge in [0.1, 0.15) is 5.75 Å². The van der Waals surface area contributed by atoms with Gasteiger partial charge in [-0.25, -0.2) is 0 Å². The number of hydrogen-bond acceptors (Lipinski definition) is 4. The Morgan fingerprint density at radius 1 is 1.33 bits per heavy atom. The highest BCUT2D eigenvalue weighted by molar-refractivity contribution is 6.34. The minimum Gasteiger partial charge on any atom is -0.482 e. The molecule has 0 aliphatic carbocycles. The quantitative estimate of drug-likeness (QED) is 0.751. The van der Waals surface area contributed by atoms with Crippen LogP contribution < -0.4 is 4.74 Å². The summed E-state index contributed by atoms with van der Waals surface area (Å²) < 4.78 is 9.96. The van der Waals surface area contributed by atoms with Crippen molar-refractivity contribution in [1.29, 1.82) is 0 Å². The van der Waals surface area contributed by atoms with E-state index in [2.05, 4.69) is 4.74 Å². The van der Waals surface area contributed by atoms with Crippen molar-refractivity contribution in [1.82, 2.24) is 4.90 Å². The Morgan fingerprint density at radius 3 is 2.62 bits per heavy atom. The normalized spacial score (nSPS) is 11.7. The molecule has 0 aliphatic rings. The van der Waals surface area contributed by atoms with Crippen molar-refractivity contribution in [3.05, 3.63) is 28.2 Å². The van der Waals surface area contributed by atoms with Crippen LogP contribution in [-0.4, -0.2) is 44.1 Å². The molecular weight excluding hydrogens is 317 g/mol. The van der Waals surface area contributed by atoms with Crippen molar-refractivity contribution in [3.8, 4) is 5.75 Å². The van der Waals surface area contributed by atoms with Gasteiger partial charge < -0.3 is 14.4 Å². The van der Waals surface area contributed by atoms with Crippen molar-refractivity contribution in [2.75, 3.05) is 27.3 Å². The van der Waals surface area contributed by atoms with Gasteiger partial charge in [0.05, 0.1) is 18.1 Å². The molecule has 5 nitrogen and oxygen atoms in total. The molecule has 7 heteroatoms. The van der Waals surface area contributed by atoms with E-state index >= 15 is 0 Å². The number of esters is 1. The van der Waals surface area contributed by atoms with Gasteiger partial charge in [0.15, 0.2) is 6.61 Å². The number of rotatable bonds is 6. The van der Waals surface area contributed by atoms with E-state index in [1.807, 2.05) is 0 Å². The Bertz CT molecular complexity index is 522. The molecule has 1 unspecified atom stereocenters. The van der Waals surface area contributed by atoms with Crippen LogP contribution in [0, 0.1) is 5.92 Å². The Labute approximate surface area is 133 Å². The molecule has 1 amide bonds. The van der Waals surface area contributed by atoms with Crippen molar-refractivity contribution in [3.63, 3.8) is 0 Å². The van der Waals surface area contributed by atoms with Crippen LogP contribution in [0.4, 0.5) is 0 Å². The number of nitrogens with zero attached hydrogens (tertiary/aromatic N) is 1. The van der Waals surface area contributed by atoms with Gasteiger partial charge in [-0.05, 0) is 12.1 Å². The molecule has 1 aromatic rings. The molecule has 0 bridgehead atoms. The minimum absolute atomic E-state index is 0.190. The summed E-state index contributed by atoms with van der Waals surface area (Å²) in [7, 11) is 2.90. The van der Waals surface area contributed by atoms with E-state index in [0.717, 1.165) is 0 Å². The van der Waals surface area contributed by atoms with Crippen molar-refractivity contribution >= 4 is 35.1 Å². The molecule has 0 fully saturated rings. The molecule has 0 radical (unpaired) electrons. The van der Waals surface area contributed by atoms with Crippen LogP contribution in [0.2, 0.25) is 10.0 Å². The predicted molar refractivity (Wildman–Crippen MR) is 80.8 cm³/mol. The third-order valence-corrected chi connectivity index (χ3v) is 3.37. The Balaban J connectivity index is 2.53. The molecule has 0 aromatic heterocycles. The van der Waals surface area contributed by atoms with Gasteiger partial charge in [-0.15, -0.1) is 0 Å². The molecule has 0 N–H and O–H groups in total. The third-order valence-electron chi connectivity index (χ3n) is 2.82. The van der Waals surface area contributed by atoms with Crippen molar-refractivity contribution < 1.29 is 19.1 Å². The molecule has 0 spiro atoms.